The minimum atomic E-state index is 0.358. The Morgan fingerprint density at radius 1 is 1.29 bits per heavy atom. The third-order valence-corrected chi connectivity index (χ3v) is 3.90. The summed E-state index contributed by atoms with van der Waals surface area (Å²) in [7, 11) is 0. The Morgan fingerprint density at radius 3 is 2.50 bits per heavy atom. The van der Waals surface area contributed by atoms with Crippen molar-refractivity contribution in [3.8, 4) is 0 Å². The minimum absolute atomic E-state index is 0.358. The van der Waals surface area contributed by atoms with Gasteiger partial charge in [-0.3, -0.25) is 0 Å². The molecule has 0 spiro atoms. The van der Waals surface area contributed by atoms with Crippen LogP contribution in [0.1, 0.15) is 18.9 Å². The molecule has 1 heterocycles. The van der Waals surface area contributed by atoms with Gasteiger partial charge in [-0.15, -0.1) is 11.8 Å². The topological polar surface area (TPSA) is 12.0 Å². The van der Waals surface area contributed by atoms with E-state index in [1.54, 1.807) is 11.8 Å². The third-order valence-electron chi connectivity index (χ3n) is 3.16. The Hall–Kier alpha value is -0.470. The first-order chi connectivity index (χ1) is 6.74. The van der Waals surface area contributed by atoms with E-state index in [2.05, 4.69) is 42.8 Å². The first kappa shape index (κ1) is 10.1. The molecule has 1 atom stereocenters. The van der Waals surface area contributed by atoms with Crippen molar-refractivity contribution in [1.29, 1.82) is 0 Å². The van der Waals surface area contributed by atoms with E-state index in [0.717, 1.165) is 13.1 Å². The zero-order valence-electron chi connectivity index (χ0n) is 8.84. The van der Waals surface area contributed by atoms with Gasteiger partial charge >= 0.3 is 0 Å². The molecule has 0 saturated carbocycles. The third kappa shape index (κ3) is 1.82. The van der Waals surface area contributed by atoms with Crippen LogP contribution in [-0.4, -0.2) is 19.3 Å². The lowest BCUT2D eigenvalue weighted by Crippen LogP contribution is -2.24. The van der Waals surface area contributed by atoms with Crippen LogP contribution in [0.4, 0.5) is 0 Å². The van der Waals surface area contributed by atoms with Gasteiger partial charge in [0.15, 0.2) is 0 Å². The average molecular weight is 207 g/mol. The predicted molar refractivity (Wildman–Crippen MR) is 63.1 cm³/mol. The Kier molecular flexibility index (Phi) is 2.84. The van der Waals surface area contributed by atoms with E-state index in [0.29, 0.717) is 5.41 Å². The molecule has 1 saturated heterocycles. The summed E-state index contributed by atoms with van der Waals surface area (Å²) < 4.78 is 0. The number of thioether (sulfide) groups is 1. The van der Waals surface area contributed by atoms with Crippen molar-refractivity contribution in [2.75, 3.05) is 19.3 Å². The highest BCUT2D eigenvalue weighted by molar-refractivity contribution is 7.98. The van der Waals surface area contributed by atoms with Gasteiger partial charge in [0.1, 0.15) is 0 Å². The van der Waals surface area contributed by atoms with Crippen molar-refractivity contribution >= 4 is 11.8 Å². The molecule has 0 radical (unpaired) electrons. The summed E-state index contributed by atoms with van der Waals surface area (Å²) in [5.74, 6) is 0. The van der Waals surface area contributed by atoms with Gasteiger partial charge in [0.05, 0.1) is 0 Å². The highest BCUT2D eigenvalue weighted by Gasteiger charge is 2.29. The second-order valence-corrected chi connectivity index (χ2v) is 5.10. The molecule has 1 aromatic carbocycles. The number of rotatable bonds is 2. The molecule has 1 N–H and O–H groups in total. The maximum absolute atomic E-state index is 3.43. The smallest absolute Gasteiger partial charge is 0.00693 e. The van der Waals surface area contributed by atoms with E-state index < -0.39 is 0 Å². The summed E-state index contributed by atoms with van der Waals surface area (Å²) in [5.41, 5.74) is 1.83. The van der Waals surface area contributed by atoms with E-state index in [-0.39, 0.29) is 0 Å². The molecule has 1 aliphatic heterocycles. The molecule has 1 aliphatic rings. The average Bonchev–Trinajstić information content (AvgIpc) is 2.67. The van der Waals surface area contributed by atoms with Crippen LogP contribution in [0.15, 0.2) is 29.2 Å². The van der Waals surface area contributed by atoms with Gasteiger partial charge < -0.3 is 5.32 Å². The van der Waals surface area contributed by atoms with Crippen molar-refractivity contribution < 1.29 is 0 Å². The van der Waals surface area contributed by atoms with Crippen LogP contribution in [-0.2, 0) is 5.41 Å². The van der Waals surface area contributed by atoms with Gasteiger partial charge in [0.2, 0.25) is 0 Å². The fourth-order valence-corrected chi connectivity index (χ4v) is 2.46. The molecule has 14 heavy (non-hydrogen) atoms. The van der Waals surface area contributed by atoms with E-state index in [1.165, 1.54) is 16.9 Å². The van der Waals surface area contributed by atoms with E-state index in [1.807, 2.05) is 0 Å². The second kappa shape index (κ2) is 3.95. The summed E-state index contributed by atoms with van der Waals surface area (Å²) in [6.07, 6.45) is 3.37. The molecule has 1 nitrogen and oxygen atoms in total. The molecule has 1 unspecified atom stereocenters. The van der Waals surface area contributed by atoms with Crippen LogP contribution in [0.2, 0.25) is 0 Å². The first-order valence-electron chi connectivity index (χ1n) is 5.10. The molecular weight excluding hydrogens is 190 g/mol. The lowest BCUT2D eigenvalue weighted by molar-refractivity contribution is 0.525. The van der Waals surface area contributed by atoms with Crippen LogP contribution >= 0.6 is 11.8 Å². The summed E-state index contributed by atoms with van der Waals surface area (Å²) in [6.45, 7) is 4.62. The van der Waals surface area contributed by atoms with E-state index in [4.69, 9.17) is 0 Å². The van der Waals surface area contributed by atoms with Crippen molar-refractivity contribution in [2.24, 2.45) is 0 Å². The van der Waals surface area contributed by atoms with Gasteiger partial charge in [-0.25, -0.2) is 0 Å². The standard InChI is InChI=1S/C12H17NS/c1-12(7-8-13-9-12)10-3-5-11(14-2)6-4-10/h3-6,13H,7-9H2,1-2H3. The lowest BCUT2D eigenvalue weighted by atomic mass is 9.82. The van der Waals surface area contributed by atoms with Gasteiger partial charge in [-0.05, 0) is 36.9 Å². The van der Waals surface area contributed by atoms with Crippen LogP contribution in [0.5, 0.6) is 0 Å². The molecule has 0 aliphatic carbocycles. The monoisotopic (exact) mass is 207 g/mol. The van der Waals surface area contributed by atoms with Gasteiger partial charge in [-0.1, -0.05) is 19.1 Å². The Labute approximate surface area is 90.3 Å². The largest absolute Gasteiger partial charge is 0.316 e. The summed E-state index contributed by atoms with van der Waals surface area (Å²) in [6, 6.07) is 9.00. The lowest BCUT2D eigenvalue weighted by Gasteiger charge is -2.23. The Balaban J connectivity index is 2.23. The fourth-order valence-electron chi connectivity index (χ4n) is 2.06. The zero-order chi connectivity index (χ0) is 10.0. The van der Waals surface area contributed by atoms with Gasteiger partial charge in [0, 0.05) is 16.9 Å². The fraction of sp³-hybridized carbons (Fsp3) is 0.500. The van der Waals surface area contributed by atoms with Crippen LogP contribution in [0.3, 0.4) is 0 Å². The Bertz CT molecular complexity index is 299. The Morgan fingerprint density at radius 2 is 2.00 bits per heavy atom. The number of benzene rings is 1. The second-order valence-electron chi connectivity index (χ2n) is 4.22. The number of hydrogen-bond acceptors (Lipinski definition) is 2. The normalized spacial score (nSPS) is 26.7. The molecule has 2 heteroatoms. The number of hydrogen-bond donors (Lipinski definition) is 1. The molecular formula is C12H17NS. The van der Waals surface area contributed by atoms with Crippen LogP contribution in [0, 0.1) is 0 Å². The van der Waals surface area contributed by atoms with Crippen molar-refractivity contribution in [1.82, 2.24) is 5.32 Å². The number of nitrogens with one attached hydrogen (secondary N) is 1. The highest BCUT2D eigenvalue weighted by Crippen LogP contribution is 2.30. The first-order valence-corrected chi connectivity index (χ1v) is 6.32. The quantitative estimate of drug-likeness (QED) is 0.748. The molecule has 1 fully saturated rings. The van der Waals surface area contributed by atoms with Gasteiger partial charge in [-0.2, -0.15) is 0 Å². The summed E-state index contributed by atoms with van der Waals surface area (Å²) >= 11 is 1.80. The van der Waals surface area contributed by atoms with Crippen LogP contribution < -0.4 is 5.32 Å². The SMILES string of the molecule is CSc1ccc(C2(C)CCNC2)cc1. The molecule has 2 rings (SSSR count). The molecule has 0 aromatic heterocycles. The molecule has 76 valence electrons. The highest BCUT2D eigenvalue weighted by atomic mass is 32.2. The maximum Gasteiger partial charge on any atom is 0.00693 e. The predicted octanol–water partition coefficient (Wildman–Crippen LogP) is 2.66. The minimum Gasteiger partial charge on any atom is -0.316 e. The van der Waals surface area contributed by atoms with Gasteiger partial charge in [0.25, 0.3) is 0 Å². The molecule has 0 bridgehead atoms. The van der Waals surface area contributed by atoms with Crippen molar-refractivity contribution in [3.05, 3.63) is 29.8 Å². The molecule has 0 amide bonds. The van der Waals surface area contributed by atoms with E-state index >= 15 is 0 Å². The maximum atomic E-state index is 3.43. The zero-order valence-corrected chi connectivity index (χ0v) is 9.66. The van der Waals surface area contributed by atoms with Crippen molar-refractivity contribution in [2.45, 2.75) is 23.7 Å². The summed E-state index contributed by atoms with van der Waals surface area (Å²) in [4.78, 5) is 1.35. The molecule has 1 aromatic rings. The summed E-state index contributed by atoms with van der Waals surface area (Å²) in [5, 5.41) is 3.43. The van der Waals surface area contributed by atoms with Crippen molar-refractivity contribution in [3.63, 3.8) is 0 Å². The van der Waals surface area contributed by atoms with E-state index in [9.17, 15) is 0 Å². The van der Waals surface area contributed by atoms with Crippen LogP contribution in [0.25, 0.3) is 0 Å².